The molecule has 2 aliphatic heterocycles. The molecule has 2 unspecified atom stereocenters. The van der Waals surface area contributed by atoms with Crippen LogP contribution in [0.2, 0.25) is 0 Å². The molecule has 0 bridgehead atoms. The Balaban J connectivity index is 1.37. The summed E-state index contributed by atoms with van der Waals surface area (Å²) in [6.07, 6.45) is -4.06. The van der Waals surface area contributed by atoms with Crippen LogP contribution in [0.15, 0.2) is 66.7 Å². The zero-order valence-electron chi connectivity index (χ0n) is 21.2. The number of rotatable bonds is 6. The normalized spacial score (nSPS) is 20.7. The van der Waals surface area contributed by atoms with Gasteiger partial charge < -0.3 is 19.7 Å². The van der Waals surface area contributed by atoms with Crippen molar-refractivity contribution in [3.8, 4) is 23.0 Å². The first-order valence-electron chi connectivity index (χ1n) is 12.7. The van der Waals surface area contributed by atoms with Crippen molar-refractivity contribution in [3.05, 3.63) is 83.4 Å². The first-order chi connectivity index (χ1) is 18.1. The fraction of sp³-hybridized carbons (Fsp3) is 0.333. The number of allylic oxidation sites excluding steroid dienone is 1. The number of phenolic OH excluding ortho intramolecular Hbond substituents is 2. The molecule has 2 aliphatic rings. The smallest absolute Gasteiger partial charge is 0.404 e. The minimum Gasteiger partial charge on any atom is -0.508 e. The van der Waals surface area contributed by atoms with Crippen LogP contribution in [0, 0.1) is 0 Å². The molecule has 1 saturated heterocycles. The van der Waals surface area contributed by atoms with Crippen LogP contribution in [-0.4, -0.2) is 46.5 Å². The number of phenols is 2. The van der Waals surface area contributed by atoms with Crippen molar-refractivity contribution in [2.75, 3.05) is 13.2 Å². The first-order valence-corrected chi connectivity index (χ1v) is 12.7. The van der Waals surface area contributed by atoms with Gasteiger partial charge in [-0.3, -0.25) is 4.90 Å². The van der Waals surface area contributed by atoms with Crippen LogP contribution in [-0.2, 0) is 0 Å². The van der Waals surface area contributed by atoms with Crippen molar-refractivity contribution < 1.29 is 32.9 Å². The zero-order valence-corrected chi connectivity index (χ0v) is 21.2. The minimum atomic E-state index is -4.23. The van der Waals surface area contributed by atoms with E-state index >= 15 is 0 Å². The summed E-state index contributed by atoms with van der Waals surface area (Å²) in [6, 6.07) is 17.4. The maximum absolute atomic E-state index is 13.3. The molecule has 2 heterocycles. The van der Waals surface area contributed by atoms with Crippen molar-refractivity contribution >= 4 is 11.1 Å². The molecule has 0 aromatic heterocycles. The Bertz CT molecular complexity index is 1340. The zero-order chi connectivity index (χ0) is 27.0. The molecule has 8 heteroatoms. The molecule has 5 nitrogen and oxygen atoms in total. The Morgan fingerprint density at radius 2 is 1.76 bits per heavy atom. The number of alkyl halides is 3. The van der Waals surface area contributed by atoms with Crippen LogP contribution in [0.3, 0.4) is 0 Å². The summed E-state index contributed by atoms with van der Waals surface area (Å²) in [4.78, 5) is 1.48. The largest absolute Gasteiger partial charge is 0.508 e. The lowest BCUT2D eigenvalue weighted by Gasteiger charge is -2.32. The molecule has 38 heavy (non-hydrogen) atoms. The van der Waals surface area contributed by atoms with E-state index in [2.05, 4.69) is 0 Å². The summed E-state index contributed by atoms with van der Waals surface area (Å²) in [6.45, 7) is 4.28. The summed E-state index contributed by atoms with van der Waals surface area (Å²) in [5, 5.41) is 20.2. The summed E-state index contributed by atoms with van der Waals surface area (Å²) < 4.78 is 52.3. The SMILES string of the molecule is CC1=C(c2cccc(O)c2)C(c2ccc(OCC(C)N3CCC[C@H]3C(F)(F)F)cc2)Oc2ccc(O)cc21. The third kappa shape index (κ3) is 5.18. The lowest BCUT2D eigenvalue weighted by molar-refractivity contribution is -0.181. The number of benzene rings is 3. The molecule has 1 fully saturated rings. The van der Waals surface area contributed by atoms with Crippen molar-refractivity contribution in [1.29, 1.82) is 0 Å². The molecule has 5 rings (SSSR count). The average Bonchev–Trinajstić information content (AvgIpc) is 3.39. The summed E-state index contributed by atoms with van der Waals surface area (Å²) in [5.74, 6) is 1.45. The van der Waals surface area contributed by atoms with E-state index in [1.54, 1.807) is 55.5 Å². The van der Waals surface area contributed by atoms with E-state index < -0.39 is 18.3 Å². The van der Waals surface area contributed by atoms with Gasteiger partial charge >= 0.3 is 6.18 Å². The van der Waals surface area contributed by atoms with Crippen LogP contribution < -0.4 is 9.47 Å². The quantitative estimate of drug-likeness (QED) is 0.365. The van der Waals surface area contributed by atoms with E-state index in [1.165, 1.54) is 4.90 Å². The summed E-state index contributed by atoms with van der Waals surface area (Å²) >= 11 is 0. The maximum atomic E-state index is 13.3. The minimum absolute atomic E-state index is 0.126. The van der Waals surface area contributed by atoms with Gasteiger partial charge in [-0.05, 0) is 92.4 Å². The highest BCUT2D eigenvalue weighted by Crippen LogP contribution is 2.47. The van der Waals surface area contributed by atoms with Gasteiger partial charge in [0.05, 0.1) is 0 Å². The van der Waals surface area contributed by atoms with Crippen LogP contribution in [0.1, 0.15) is 49.5 Å². The van der Waals surface area contributed by atoms with Gasteiger partial charge in [-0.1, -0.05) is 24.3 Å². The fourth-order valence-corrected chi connectivity index (χ4v) is 5.44. The highest BCUT2D eigenvalue weighted by atomic mass is 19.4. The Morgan fingerprint density at radius 3 is 2.47 bits per heavy atom. The van der Waals surface area contributed by atoms with Gasteiger partial charge in [0, 0.05) is 17.2 Å². The van der Waals surface area contributed by atoms with Crippen LogP contribution >= 0.6 is 0 Å². The molecule has 0 aliphatic carbocycles. The lowest BCUT2D eigenvalue weighted by atomic mass is 9.86. The summed E-state index contributed by atoms with van der Waals surface area (Å²) in [7, 11) is 0. The van der Waals surface area contributed by atoms with E-state index in [1.807, 2.05) is 25.1 Å². The molecular weight excluding hydrogens is 495 g/mol. The van der Waals surface area contributed by atoms with Gasteiger partial charge in [-0.2, -0.15) is 13.2 Å². The molecule has 0 saturated carbocycles. The summed E-state index contributed by atoms with van der Waals surface area (Å²) in [5.41, 5.74) is 4.18. The number of likely N-dealkylation sites (tertiary alicyclic amines) is 1. The maximum Gasteiger partial charge on any atom is 0.404 e. The van der Waals surface area contributed by atoms with Gasteiger partial charge in [0.2, 0.25) is 0 Å². The molecule has 200 valence electrons. The second kappa shape index (κ2) is 10.3. The monoisotopic (exact) mass is 525 g/mol. The number of fused-ring (bicyclic) bond motifs is 1. The van der Waals surface area contributed by atoms with Gasteiger partial charge in [0.15, 0.2) is 0 Å². The second-order valence-corrected chi connectivity index (χ2v) is 9.93. The second-order valence-electron chi connectivity index (χ2n) is 9.93. The van der Waals surface area contributed by atoms with Gasteiger partial charge in [-0.25, -0.2) is 0 Å². The topological polar surface area (TPSA) is 62.2 Å². The highest BCUT2D eigenvalue weighted by molar-refractivity contribution is 5.95. The molecule has 3 atom stereocenters. The molecule has 3 aromatic rings. The molecule has 0 amide bonds. The van der Waals surface area contributed by atoms with E-state index in [4.69, 9.17) is 9.47 Å². The average molecular weight is 526 g/mol. The molecule has 3 aromatic carbocycles. The predicted octanol–water partition coefficient (Wildman–Crippen LogP) is 6.96. The first kappa shape index (κ1) is 26.0. The Kier molecular flexibility index (Phi) is 7.01. The third-order valence-corrected chi connectivity index (χ3v) is 7.35. The molecule has 2 N–H and O–H groups in total. The predicted molar refractivity (Wildman–Crippen MR) is 139 cm³/mol. The van der Waals surface area contributed by atoms with Crippen molar-refractivity contribution in [1.82, 2.24) is 4.90 Å². The molecule has 0 radical (unpaired) electrons. The van der Waals surface area contributed by atoms with Crippen LogP contribution in [0.4, 0.5) is 13.2 Å². The number of ether oxygens (including phenoxy) is 2. The lowest BCUT2D eigenvalue weighted by Crippen LogP contribution is -2.47. The molecular formula is C30H30F3NO4. The number of hydrogen-bond acceptors (Lipinski definition) is 5. The Hall–Kier alpha value is -3.65. The van der Waals surface area contributed by atoms with Gasteiger partial charge in [0.25, 0.3) is 0 Å². The van der Waals surface area contributed by atoms with E-state index in [-0.39, 0.29) is 30.6 Å². The van der Waals surface area contributed by atoms with Crippen LogP contribution in [0.5, 0.6) is 23.0 Å². The number of hydrogen-bond donors (Lipinski definition) is 2. The fourth-order valence-electron chi connectivity index (χ4n) is 5.44. The Labute approximate surface area is 219 Å². The van der Waals surface area contributed by atoms with Crippen molar-refractivity contribution in [2.45, 2.75) is 51.1 Å². The van der Waals surface area contributed by atoms with E-state index in [9.17, 15) is 23.4 Å². The highest BCUT2D eigenvalue weighted by Gasteiger charge is 2.47. The number of aromatic hydroxyl groups is 2. The van der Waals surface area contributed by atoms with Crippen molar-refractivity contribution in [3.63, 3.8) is 0 Å². The van der Waals surface area contributed by atoms with E-state index in [0.29, 0.717) is 24.5 Å². The standard InChI is InChI=1S/C30H30F3NO4/c1-18(34-14-4-7-27(34)30(31,32)33)17-37-24-11-8-20(9-12-24)29-28(21-5-3-6-22(35)15-21)19(2)25-16-23(36)10-13-26(25)38-29/h3,5-6,8-13,15-16,18,27,29,35-36H,4,7,14,17H2,1-2H3/t18?,27-,29?/m0/s1. The van der Waals surface area contributed by atoms with Gasteiger partial charge in [0.1, 0.15) is 41.8 Å². The third-order valence-electron chi connectivity index (χ3n) is 7.35. The van der Waals surface area contributed by atoms with Gasteiger partial charge in [-0.15, -0.1) is 0 Å². The van der Waals surface area contributed by atoms with E-state index in [0.717, 1.165) is 27.8 Å². The van der Waals surface area contributed by atoms with Crippen LogP contribution in [0.25, 0.3) is 11.1 Å². The number of nitrogens with zero attached hydrogens (tertiary/aromatic N) is 1. The molecule has 0 spiro atoms. The van der Waals surface area contributed by atoms with Crippen molar-refractivity contribution in [2.24, 2.45) is 0 Å². The number of halogens is 3. The Morgan fingerprint density at radius 1 is 1.03 bits per heavy atom.